The summed E-state index contributed by atoms with van der Waals surface area (Å²) in [6.45, 7) is 4.88. The molecule has 116 valence electrons. The van der Waals surface area contributed by atoms with Crippen molar-refractivity contribution in [3.63, 3.8) is 0 Å². The van der Waals surface area contributed by atoms with Crippen LogP contribution in [0.5, 0.6) is 0 Å². The van der Waals surface area contributed by atoms with Crippen molar-refractivity contribution in [1.82, 2.24) is 0 Å². The lowest BCUT2D eigenvalue weighted by molar-refractivity contribution is -0.241. The second-order valence-electron chi connectivity index (χ2n) is 5.52. The summed E-state index contributed by atoms with van der Waals surface area (Å²) in [6, 6.07) is 0. The first-order valence-corrected chi connectivity index (χ1v) is 6.87. The van der Waals surface area contributed by atoms with Crippen LogP contribution >= 0.6 is 0 Å². The molecule has 0 spiro atoms. The van der Waals surface area contributed by atoms with Gasteiger partial charge in [-0.25, -0.2) is 0 Å². The van der Waals surface area contributed by atoms with Crippen LogP contribution in [0.25, 0.3) is 0 Å². The zero-order valence-corrected chi connectivity index (χ0v) is 11.9. The first-order valence-electron chi connectivity index (χ1n) is 6.87. The van der Waals surface area contributed by atoms with Crippen molar-refractivity contribution >= 4 is 5.97 Å². The number of fused-ring (bicyclic) bond motifs is 1. The monoisotopic (exact) mass is 290 g/mol. The van der Waals surface area contributed by atoms with Crippen molar-refractivity contribution < 1.29 is 34.0 Å². The van der Waals surface area contributed by atoms with Crippen molar-refractivity contribution in [1.29, 1.82) is 0 Å². The average molecular weight is 290 g/mol. The van der Waals surface area contributed by atoms with Crippen LogP contribution in [0.3, 0.4) is 0 Å². The van der Waals surface area contributed by atoms with E-state index in [1.54, 1.807) is 13.8 Å². The summed E-state index contributed by atoms with van der Waals surface area (Å²) in [4.78, 5) is 11.6. The molecule has 1 unspecified atom stereocenters. The molecule has 2 fully saturated rings. The summed E-state index contributed by atoms with van der Waals surface area (Å²) in [5.41, 5.74) is 0. The van der Waals surface area contributed by atoms with E-state index >= 15 is 0 Å². The Morgan fingerprint density at radius 1 is 1.35 bits per heavy atom. The van der Waals surface area contributed by atoms with Crippen molar-refractivity contribution in [2.24, 2.45) is 0 Å². The second kappa shape index (κ2) is 5.95. The maximum atomic E-state index is 11.6. The first kappa shape index (κ1) is 15.7. The number of carbonyl (C=O) groups is 1. The molecule has 5 atom stereocenters. The molecule has 2 saturated heterocycles. The minimum Gasteiger partial charge on any atom is -0.433 e. The van der Waals surface area contributed by atoms with Gasteiger partial charge in [0.05, 0.1) is 6.61 Å². The van der Waals surface area contributed by atoms with Gasteiger partial charge in [0.15, 0.2) is 11.9 Å². The molecule has 0 amide bonds. The molecule has 2 rings (SSSR count). The molecular weight excluding hydrogens is 268 g/mol. The highest BCUT2D eigenvalue weighted by Gasteiger charge is 2.58. The van der Waals surface area contributed by atoms with Crippen LogP contribution in [0.1, 0.15) is 33.6 Å². The van der Waals surface area contributed by atoms with Crippen LogP contribution in [0, 0.1) is 0 Å². The Morgan fingerprint density at radius 3 is 2.60 bits per heavy atom. The molecule has 0 aliphatic carbocycles. The van der Waals surface area contributed by atoms with E-state index in [0.29, 0.717) is 6.42 Å². The molecule has 2 N–H and O–H groups in total. The normalized spacial score (nSPS) is 36.6. The topological polar surface area (TPSA) is 94.5 Å². The Morgan fingerprint density at radius 2 is 2.00 bits per heavy atom. The van der Waals surface area contributed by atoms with E-state index in [9.17, 15) is 9.90 Å². The van der Waals surface area contributed by atoms with Crippen molar-refractivity contribution in [3.05, 3.63) is 0 Å². The van der Waals surface area contributed by atoms with Gasteiger partial charge in [-0.3, -0.25) is 4.79 Å². The van der Waals surface area contributed by atoms with Gasteiger partial charge in [0.25, 0.3) is 0 Å². The van der Waals surface area contributed by atoms with Crippen LogP contribution < -0.4 is 0 Å². The number of esters is 1. The third-order valence-corrected chi connectivity index (χ3v) is 3.31. The summed E-state index contributed by atoms with van der Waals surface area (Å²) in [6.07, 6.45) is -3.04. The van der Waals surface area contributed by atoms with Gasteiger partial charge in [-0.05, 0) is 20.3 Å². The lowest BCUT2D eigenvalue weighted by atomic mass is 10.1. The maximum Gasteiger partial charge on any atom is 0.308 e. The molecule has 7 heteroatoms. The molecule has 0 radical (unpaired) electrons. The molecule has 2 heterocycles. The van der Waals surface area contributed by atoms with E-state index in [4.69, 9.17) is 24.1 Å². The van der Waals surface area contributed by atoms with Gasteiger partial charge in [0.2, 0.25) is 6.29 Å². The summed E-state index contributed by atoms with van der Waals surface area (Å²) in [5.74, 6) is -1.23. The fraction of sp³-hybridized carbons (Fsp3) is 0.923. The maximum absolute atomic E-state index is 11.6. The number of ether oxygens (including phenoxy) is 4. The lowest BCUT2D eigenvalue weighted by Gasteiger charge is -2.25. The Hall–Kier alpha value is -0.730. The van der Waals surface area contributed by atoms with Crippen LogP contribution in [-0.4, -0.2) is 59.3 Å². The minimum atomic E-state index is -1.12. The summed E-state index contributed by atoms with van der Waals surface area (Å²) < 4.78 is 22.1. The molecule has 0 aromatic heterocycles. The predicted octanol–water partition coefficient (Wildman–Crippen LogP) is -0.0721. The number of hydrogen-bond donors (Lipinski definition) is 2. The van der Waals surface area contributed by atoms with Gasteiger partial charge in [-0.15, -0.1) is 0 Å². The van der Waals surface area contributed by atoms with Gasteiger partial charge in [-0.2, -0.15) is 0 Å². The fourth-order valence-corrected chi connectivity index (χ4v) is 2.49. The highest BCUT2D eigenvalue weighted by molar-refractivity contribution is 5.69. The second-order valence-corrected chi connectivity index (χ2v) is 5.52. The summed E-state index contributed by atoms with van der Waals surface area (Å²) >= 11 is 0. The predicted molar refractivity (Wildman–Crippen MR) is 66.6 cm³/mol. The zero-order valence-electron chi connectivity index (χ0n) is 11.9. The van der Waals surface area contributed by atoms with E-state index in [0.717, 1.165) is 0 Å². The molecule has 20 heavy (non-hydrogen) atoms. The third-order valence-electron chi connectivity index (χ3n) is 3.31. The van der Waals surface area contributed by atoms with Crippen LogP contribution in [0.2, 0.25) is 0 Å². The van der Waals surface area contributed by atoms with Gasteiger partial charge in [0.1, 0.15) is 18.3 Å². The summed E-state index contributed by atoms with van der Waals surface area (Å²) in [5, 5.41) is 18.8. The summed E-state index contributed by atoms with van der Waals surface area (Å²) in [7, 11) is 0. The minimum absolute atomic E-state index is 0.286. The van der Waals surface area contributed by atoms with E-state index < -0.39 is 43.1 Å². The first-order chi connectivity index (χ1) is 9.38. The molecule has 0 aromatic rings. The van der Waals surface area contributed by atoms with Gasteiger partial charge < -0.3 is 29.2 Å². The highest BCUT2D eigenvalue weighted by Crippen LogP contribution is 2.40. The van der Waals surface area contributed by atoms with E-state index in [1.807, 2.05) is 6.92 Å². The third kappa shape index (κ3) is 3.12. The Labute approximate surface area is 117 Å². The number of aliphatic hydroxyl groups excluding tert-OH is 2. The van der Waals surface area contributed by atoms with E-state index in [1.165, 1.54) is 0 Å². The van der Waals surface area contributed by atoms with Crippen LogP contribution in [0.4, 0.5) is 0 Å². The van der Waals surface area contributed by atoms with Gasteiger partial charge in [-0.1, -0.05) is 6.92 Å². The highest BCUT2D eigenvalue weighted by atomic mass is 16.8. The van der Waals surface area contributed by atoms with Crippen LogP contribution in [0.15, 0.2) is 0 Å². The standard InChI is InChI=1S/C13H22O7/c1-4-5-8(16)17-12-11-10(19-13(2,3)20-11)9(18-12)7(15)6-14/h7,9-12,14-15H,4-6H2,1-3H3/t7?,9-,10+,11+,12+/m1/s1. The van der Waals surface area contributed by atoms with E-state index in [2.05, 4.69) is 0 Å². The molecule has 0 aromatic carbocycles. The van der Waals surface area contributed by atoms with Gasteiger partial charge in [0, 0.05) is 6.42 Å². The molecule has 2 aliphatic heterocycles. The van der Waals surface area contributed by atoms with E-state index in [-0.39, 0.29) is 12.4 Å². The Balaban J connectivity index is 2.08. The Bertz CT molecular complexity index is 357. The fourth-order valence-electron chi connectivity index (χ4n) is 2.49. The SMILES string of the molecule is CCCC(=O)O[C@H]1O[C@H](C(O)CO)[C@@H]2OC(C)(C)O[C@H]12. The molecule has 0 bridgehead atoms. The van der Waals surface area contributed by atoms with Crippen molar-refractivity contribution in [2.75, 3.05) is 6.61 Å². The number of hydrogen-bond acceptors (Lipinski definition) is 7. The van der Waals surface area contributed by atoms with Crippen molar-refractivity contribution in [2.45, 2.75) is 70.1 Å². The quantitative estimate of drug-likeness (QED) is 0.684. The number of carbonyl (C=O) groups excluding carboxylic acids is 1. The average Bonchev–Trinajstić information content (AvgIpc) is 2.83. The Kier molecular flexibility index (Phi) is 4.66. The van der Waals surface area contributed by atoms with Crippen LogP contribution in [-0.2, 0) is 23.7 Å². The lowest BCUT2D eigenvalue weighted by Crippen LogP contribution is -2.40. The number of aliphatic hydroxyl groups is 2. The molecular formula is C13H22O7. The molecule has 7 nitrogen and oxygen atoms in total. The van der Waals surface area contributed by atoms with Crippen molar-refractivity contribution in [3.8, 4) is 0 Å². The largest absolute Gasteiger partial charge is 0.433 e. The number of rotatable bonds is 5. The molecule has 2 aliphatic rings. The molecule has 0 saturated carbocycles. The smallest absolute Gasteiger partial charge is 0.308 e. The van der Waals surface area contributed by atoms with Gasteiger partial charge >= 0.3 is 5.97 Å². The zero-order chi connectivity index (χ0) is 14.9.